The molecule has 0 aliphatic heterocycles. The zero-order valence-corrected chi connectivity index (χ0v) is 18.0. The van der Waals surface area contributed by atoms with Crippen molar-refractivity contribution in [3.63, 3.8) is 0 Å². The highest BCUT2D eigenvalue weighted by Crippen LogP contribution is 2.27. The lowest BCUT2D eigenvalue weighted by Gasteiger charge is -2.17. The third-order valence-corrected chi connectivity index (χ3v) is 5.68. The molecular formula is C20H21BrN4O2S. The van der Waals surface area contributed by atoms with Gasteiger partial charge in [-0.05, 0) is 36.2 Å². The van der Waals surface area contributed by atoms with Gasteiger partial charge in [0.05, 0.1) is 24.6 Å². The lowest BCUT2D eigenvalue weighted by atomic mass is 10.0. The molecule has 0 radical (unpaired) electrons. The van der Waals surface area contributed by atoms with Crippen molar-refractivity contribution in [2.24, 2.45) is 0 Å². The van der Waals surface area contributed by atoms with Gasteiger partial charge in [0.1, 0.15) is 12.1 Å². The Morgan fingerprint density at radius 2 is 2.00 bits per heavy atom. The molecule has 2 aromatic carbocycles. The molecule has 1 amide bonds. The van der Waals surface area contributed by atoms with Crippen LogP contribution in [-0.4, -0.2) is 33.5 Å². The van der Waals surface area contributed by atoms with Gasteiger partial charge in [-0.2, -0.15) is 0 Å². The molecular weight excluding hydrogens is 440 g/mol. The minimum atomic E-state index is -0.0469. The number of carbonyl (C=O) groups excluding carboxylic acids is 1. The van der Waals surface area contributed by atoms with Crippen molar-refractivity contribution in [3.8, 4) is 11.4 Å². The molecule has 146 valence electrons. The quantitative estimate of drug-likeness (QED) is 0.504. The summed E-state index contributed by atoms with van der Waals surface area (Å²) in [5.41, 5.74) is 1.92. The van der Waals surface area contributed by atoms with E-state index < -0.39 is 0 Å². The molecule has 3 aromatic rings. The Labute approximate surface area is 176 Å². The smallest absolute Gasteiger partial charge is 0.230 e. The second kappa shape index (κ2) is 9.75. The van der Waals surface area contributed by atoms with Gasteiger partial charge in [0.2, 0.25) is 5.91 Å². The van der Waals surface area contributed by atoms with Gasteiger partial charge in [0.15, 0.2) is 5.16 Å². The van der Waals surface area contributed by atoms with Crippen LogP contribution in [0.3, 0.4) is 0 Å². The van der Waals surface area contributed by atoms with Crippen LogP contribution < -0.4 is 10.1 Å². The number of ether oxygens (including phenoxy) is 1. The Balaban J connectivity index is 1.65. The molecule has 0 aliphatic rings. The molecule has 0 unspecified atom stereocenters. The maximum absolute atomic E-state index is 12.5. The Morgan fingerprint density at radius 1 is 1.25 bits per heavy atom. The van der Waals surface area contributed by atoms with Gasteiger partial charge < -0.3 is 10.1 Å². The van der Waals surface area contributed by atoms with Crippen LogP contribution in [0.2, 0.25) is 0 Å². The normalized spacial score (nSPS) is 11.8. The number of hydrogen-bond donors (Lipinski definition) is 1. The summed E-state index contributed by atoms with van der Waals surface area (Å²) in [6.45, 7) is 2.05. The van der Waals surface area contributed by atoms with E-state index in [1.807, 2.05) is 53.1 Å². The molecule has 1 heterocycles. The number of nitrogens with one attached hydrogen (secondary N) is 1. The number of rotatable bonds is 8. The van der Waals surface area contributed by atoms with Gasteiger partial charge in [-0.1, -0.05) is 58.9 Å². The topological polar surface area (TPSA) is 69.0 Å². The Hall–Kier alpha value is -2.32. The van der Waals surface area contributed by atoms with Crippen molar-refractivity contribution in [3.05, 3.63) is 64.9 Å². The number of halogens is 1. The maximum Gasteiger partial charge on any atom is 0.230 e. The molecule has 0 spiro atoms. The van der Waals surface area contributed by atoms with Crippen LogP contribution in [0.5, 0.6) is 5.75 Å². The first-order valence-electron chi connectivity index (χ1n) is 8.83. The van der Waals surface area contributed by atoms with Crippen LogP contribution >= 0.6 is 27.7 Å². The third kappa shape index (κ3) is 4.94. The van der Waals surface area contributed by atoms with E-state index in [0.717, 1.165) is 27.9 Å². The molecule has 0 saturated heterocycles. The first kappa shape index (κ1) is 20.4. The number of benzene rings is 2. The number of aromatic nitrogens is 3. The first-order chi connectivity index (χ1) is 13.6. The summed E-state index contributed by atoms with van der Waals surface area (Å²) < 4.78 is 8.25. The van der Waals surface area contributed by atoms with Gasteiger partial charge >= 0.3 is 0 Å². The number of amides is 1. The first-order valence-corrected chi connectivity index (χ1v) is 10.6. The van der Waals surface area contributed by atoms with Gasteiger partial charge in [0.25, 0.3) is 0 Å². The van der Waals surface area contributed by atoms with Crippen molar-refractivity contribution in [2.45, 2.75) is 24.5 Å². The number of methoxy groups -OCH3 is 1. The van der Waals surface area contributed by atoms with E-state index in [-0.39, 0.29) is 17.7 Å². The van der Waals surface area contributed by atoms with Gasteiger partial charge in [-0.15, -0.1) is 10.2 Å². The minimum Gasteiger partial charge on any atom is -0.495 e. The summed E-state index contributed by atoms with van der Waals surface area (Å²) in [5.74, 6) is 0.921. The standard InChI is InChI=1S/C20H21BrN4O2S/c1-3-16(14-8-10-15(21)11-9-14)23-19(26)12-28-20-24-22-13-25(20)17-6-4-5-7-18(17)27-2/h4-11,13,16H,3,12H2,1-2H3,(H,23,26)/t16-/m1/s1. The fourth-order valence-corrected chi connectivity index (χ4v) is 3.80. The Morgan fingerprint density at radius 3 is 2.71 bits per heavy atom. The van der Waals surface area contributed by atoms with E-state index in [1.54, 1.807) is 13.4 Å². The average Bonchev–Trinajstić information content (AvgIpc) is 3.19. The largest absolute Gasteiger partial charge is 0.495 e. The van der Waals surface area contributed by atoms with Crippen LogP contribution in [0.25, 0.3) is 5.69 Å². The van der Waals surface area contributed by atoms with Gasteiger partial charge in [-0.3, -0.25) is 9.36 Å². The van der Waals surface area contributed by atoms with E-state index in [9.17, 15) is 4.79 Å². The third-order valence-electron chi connectivity index (χ3n) is 4.21. The van der Waals surface area contributed by atoms with Gasteiger partial charge in [0, 0.05) is 4.47 Å². The highest BCUT2D eigenvalue weighted by atomic mass is 79.9. The van der Waals surface area contributed by atoms with E-state index in [1.165, 1.54) is 11.8 Å². The fourth-order valence-electron chi connectivity index (χ4n) is 2.80. The monoisotopic (exact) mass is 460 g/mol. The second-order valence-corrected chi connectivity index (χ2v) is 7.88. The number of para-hydroxylation sites is 2. The van der Waals surface area contributed by atoms with Crippen molar-refractivity contribution >= 4 is 33.6 Å². The summed E-state index contributed by atoms with van der Waals surface area (Å²) >= 11 is 4.78. The average molecular weight is 461 g/mol. The summed E-state index contributed by atoms with van der Waals surface area (Å²) in [6.07, 6.45) is 2.43. The zero-order valence-electron chi connectivity index (χ0n) is 15.6. The van der Waals surface area contributed by atoms with Crippen LogP contribution in [0.1, 0.15) is 24.9 Å². The lowest BCUT2D eigenvalue weighted by Crippen LogP contribution is -2.29. The molecule has 8 heteroatoms. The number of thioether (sulfide) groups is 1. The SMILES string of the molecule is CC[C@@H](NC(=O)CSc1nncn1-c1ccccc1OC)c1ccc(Br)cc1. The molecule has 0 bridgehead atoms. The minimum absolute atomic E-state index is 0.0201. The highest BCUT2D eigenvalue weighted by Gasteiger charge is 2.16. The summed E-state index contributed by atoms with van der Waals surface area (Å²) in [4.78, 5) is 12.5. The van der Waals surface area contributed by atoms with Crippen LogP contribution in [0.4, 0.5) is 0 Å². The van der Waals surface area contributed by atoms with E-state index >= 15 is 0 Å². The van der Waals surface area contributed by atoms with Crippen molar-refractivity contribution in [1.82, 2.24) is 20.1 Å². The molecule has 0 fully saturated rings. The lowest BCUT2D eigenvalue weighted by molar-refractivity contribution is -0.119. The molecule has 0 saturated carbocycles. The zero-order chi connectivity index (χ0) is 19.9. The van der Waals surface area contributed by atoms with Crippen LogP contribution in [0.15, 0.2) is 64.5 Å². The van der Waals surface area contributed by atoms with Crippen molar-refractivity contribution < 1.29 is 9.53 Å². The Kier molecular flexibility index (Phi) is 7.11. The van der Waals surface area contributed by atoms with E-state index in [0.29, 0.717) is 5.16 Å². The Bertz CT molecular complexity index is 930. The van der Waals surface area contributed by atoms with Crippen molar-refractivity contribution in [1.29, 1.82) is 0 Å². The van der Waals surface area contributed by atoms with Gasteiger partial charge in [-0.25, -0.2) is 0 Å². The fraction of sp³-hybridized carbons (Fsp3) is 0.250. The van der Waals surface area contributed by atoms with Crippen LogP contribution in [0, 0.1) is 0 Å². The maximum atomic E-state index is 12.5. The molecule has 6 nitrogen and oxygen atoms in total. The second-order valence-electron chi connectivity index (χ2n) is 6.02. The number of hydrogen-bond acceptors (Lipinski definition) is 5. The van der Waals surface area contributed by atoms with Crippen molar-refractivity contribution in [2.75, 3.05) is 12.9 Å². The molecule has 28 heavy (non-hydrogen) atoms. The number of nitrogens with zero attached hydrogens (tertiary/aromatic N) is 3. The summed E-state index contributed by atoms with van der Waals surface area (Å²) in [7, 11) is 1.62. The van der Waals surface area contributed by atoms with E-state index in [4.69, 9.17) is 4.74 Å². The molecule has 0 aliphatic carbocycles. The summed E-state index contributed by atoms with van der Waals surface area (Å²) in [6, 6.07) is 15.6. The molecule has 3 rings (SSSR count). The number of carbonyl (C=O) groups is 1. The highest BCUT2D eigenvalue weighted by molar-refractivity contribution is 9.10. The molecule has 1 N–H and O–H groups in total. The summed E-state index contributed by atoms with van der Waals surface area (Å²) in [5, 5.41) is 11.9. The molecule has 1 aromatic heterocycles. The predicted octanol–water partition coefficient (Wildman–Crippen LogP) is 4.40. The molecule has 1 atom stereocenters. The predicted molar refractivity (Wildman–Crippen MR) is 114 cm³/mol. The van der Waals surface area contributed by atoms with Crippen LogP contribution in [-0.2, 0) is 4.79 Å². The van der Waals surface area contributed by atoms with E-state index in [2.05, 4.69) is 38.4 Å².